The summed E-state index contributed by atoms with van der Waals surface area (Å²) in [6, 6.07) is 0. The summed E-state index contributed by atoms with van der Waals surface area (Å²) in [6.07, 6.45) is 6.07. The predicted octanol–water partition coefficient (Wildman–Crippen LogP) is 1.85. The van der Waals surface area contributed by atoms with E-state index < -0.39 is 0 Å². The lowest BCUT2D eigenvalue weighted by molar-refractivity contribution is -0.108. The quantitative estimate of drug-likeness (QED) is 0.484. The van der Waals surface area contributed by atoms with Crippen molar-refractivity contribution in [1.82, 2.24) is 5.32 Å². The van der Waals surface area contributed by atoms with Gasteiger partial charge in [0.25, 0.3) is 0 Å². The molecule has 0 aliphatic rings. The molecule has 2 heteroatoms. The molecule has 0 saturated heterocycles. The van der Waals surface area contributed by atoms with E-state index >= 15 is 0 Å². The molecular formula is C9H15NO. The first-order chi connectivity index (χ1) is 5.18. The molecule has 0 aliphatic heterocycles. The Morgan fingerprint density at radius 2 is 2.09 bits per heavy atom. The van der Waals surface area contributed by atoms with Crippen LogP contribution < -0.4 is 5.32 Å². The van der Waals surface area contributed by atoms with Crippen molar-refractivity contribution in [1.29, 1.82) is 0 Å². The van der Waals surface area contributed by atoms with Gasteiger partial charge in [-0.2, -0.15) is 0 Å². The average molecular weight is 153 g/mol. The van der Waals surface area contributed by atoms with E-state index in [0.717, 1.165) is 0 Å². The maximum Gasteiger partial charge on any atom is 0.211 e. The molecule has 0 radical (unpaired) electrons. The van der Waals surface area contributed by atoms with Crippen LogP contribution in [0.1, 0.15) is 20.8 Å². The second kappa shape index (κ2) is 5.71. The Kier molecular flexibility index (Phi) is 5.17. The number of rotatable bonds is 4. The third-order valence-electron chi connectivity index (χ3n) is 1.53. The van der Waals surface area contributed by atoms with Gasteiger partial charge in [-0.25, -0.2) is 0 Å². The van der Waals surface area contributed by atoms with Crippen LogP contribution in [0.3, 0.4) is 0 Å². The third kappa shape index (κ3) is 5.40. The molecule has 1 N–H and O–H groups in total. The van der Waals surface area contributed by atoms with E-state index in [4.69, 9.17) is 0 Å². The van der Waals surface area contributed by atoms with E-state index in [1.807, 2.05) is 12.2 Å². The van der Waals surface area contributed by atoms with Crippen LogP contribution in [-0.4, -0.2) is 6.41 Å². The maximum absolute atomic E-state index is 9.80. The van der Waals surface area contributed by atoms with Crippen LogP contribution >= 0.6 is 0 Å². The van der Waals surface area contributed by atoms with Crippen molar-refractivity contribution in [2.45, 2.75) is 20.8 Å². The smallest absolute Gasteiger partial charge is 0.211 e. The Labute approximate surface area is 68.0 Å². The lowest BCUT2D eigenvalue weighted by Gasteiger charge is -2.01. The first kappa shape index (κ1) is 9.95. The molecule has 0 aromatic rings. The van der Waals surface area contributed by atoms with Gasteiger partial charge in [0.2, 0.25) is 6.41 Å². The average Bonchev–Trinajstić information content (AvgIpc) is 1.97. The van der Waals surface area contributed by atoms with Gasteiger partial charge in [0.15, 0.2) is 0 Å². The van der Waals surface area contributed by atoms with Crippen molar-refractivity contribution in [2.24, 2.45) is 5.92 Å². The molecule has 0 unspecified atom stereocenters. The van der Waals surface area contributed by atoms with E-state index in [1.165, 1.54) is 5.57 Å². The lowest BCUT2D eigenvalue weighted by atomic mass is 10.1. The van der Waals surface area contributed by atoms with E-state index in [2.05, 4.69) is 26.1 Å². The fourth-order valence-electron chi connectivity index (χ4n) is 0.487. The Morgan fingerprint density at radius 3 is 2.55 bits per heavy atom. The summed E-state index contributed by atoms with van der Waals surface area (Å²) in [6.45, 7) is 6.33. The summed E-state index contributed by atoms with van der Waals surface area (Å²) < 4.78 is 0. The zero-order valence-electron chi connectivity index (χ0n) is 7.29. The topological polar surface area (TPSA) is 29.1 Å². The van der Waals surface area contributed by atoms with Crippen molar-refractivity contribution in [2.75, 3.05) is 0 Å². The van der Waals surface area contributed by atoms with Crippen LogP contribution in [0.2, 0.25) is 0 Å². The van der Waals surface area contributed by atoms with Crippen LogP contribution in [-0.2, 0) is 4.79 Å². The van der Waals surface area contributed by atoms with Crippen LogP contribution in [0.25, 0.3) is 0 Å². The van der Waals surface area contributed by atoms with Gasteiger partial charge < -0.3 is 5.32 Å². The van der Waals surface area contributed by atoms with E-state index in [1.54, 1.807) is 6.20 Å². The van der Waals surface area contributed by atoms with Crippen molar-refractivity contribution in [3.63, 3.8) is 0 Å². The van der Waals surface area contributed by atoms with Crippen molar-refractivity contribution in [3.05, 3.63) is 23.9 Å². The van der Waals surface area contributed by atoms with Gasteiger partial charge in [-0.05, 0) is 18.9 Å². The number of amides is 1. The molecule has 0 atom stereocenters. The number of carbonyl (C=O) groups excluding carboxylic acids is 1. The van der Waals surface area contributed by atoms with Gasteiger partial charge in [-0.15, -0.1) is 0 Å². The molecule has 0 heterocycles. The molecule has 0 saturated carbocycles. The summed E-state index contributed by atoms with van der Waals surface area (Å²) in [7, 11) is 0. The largest absolute Gasteiger partial charge is 0.335 e. The molecule has 0 aromatic heterocycles. The summed E-state index contributed by atoms with van der Waals surface area (Å²) >= 11 is 0. The van der Waals surface area contributed by atoms with E-state index in [-0.39, 0.29) is 0 Å². The van der Waals surface area contributed by atoms with Crippen LogP contribution in [0.15, 0.2) is 23.9 Å². The zero-order valence-corrected chi connectivity index (χ0v) is 7.29. The number of nitrogens with one attached hydrogen (secondary N) is 1. The number of carbonyl (C=O) groups is 1. The summed E-state index contributed by atoms with van der Waals surface area (Å²) in [5, 5.41) is 2.44. The minimum atomic E-state index is 0.566. The van der Waals surface area contributed by atoms with Gasteiger partial charge in [0, 0.05) is 6.20 Å². The summed E-state index contributed by atoms with van der Waals surface area (Å²) in [5.41, 5.74) is 1.30. The summed E-state index contributed by atoms with van der Waals surface area (Å²) in [5.74, 6) is 0.566. The summed E-state index contributed by atoms with van der Waals surface area (Å²) in [4.78, 5) is 9.80. The fourth-order valence-corrected chi connectivity index (χ4v) is 0.487. The molecule has 0 fully saturated rings. The van der Waals surface area contributed by atoms with Crippen molar-refractivity contribution in [3.8, 4) is 0 Å². The minimum absolute atomic E-state index is 0.566. The predicted molar refractivity (Wildman–Crippen MR) is 46.9 cm³/mol. The second-order valence-corrected chi connectivity index (χ2v) is 2.71. The third-order valence-corrected chi connectivity index (χ3v) is 1.53. The molecule has 2 nitrogen and oxygen atoms in total. The first-order valence-corrected chi connectivity index (χ1v) is 3.71. The highest BCUT2D eigenvalue weighted by Crippen LogP contribution is 2.06. The Balaban J connectivity index is 3.80. The Hall–Kier alpha value is -1.05. The molecule has 62 valence electrons. The minimum Gasteiger partial charge on any atom is -0.335 e. The van der Waals surface area contributed by atoms with Crippen LogP contribution in [0.5, 0.6) is 0 Å². The van der Waals surface area contributed by atoms with E-state index in [0.29, 0.717) is 12.3 Å². The highest BCUT2D eigenvalue weighted by molar-refractivity contribution is 5.47. The highest BCUT2D eigenvalue weighted by Gasteiger charge is 1.91. The van der Waals surface area contributed by atoms with Gasteiger partial charge in [-0.3, -0.25) is 4.79 Å². The van der Waals surface area contributed by atoms with E-state index in [9.17, 15) is 4.79 Å². The van der Waals surface area contributed by atoms with Crippen LogP contribution in [0, 0.1) is 5.92 Å². The van der Waals surface area contributed by atoms with Crippen molar-refractivity contribution < 1.29 is 4.79 Å². The standard InChI is InChI=1S/C9H15NO/c1-8(2)9(3)5-4-6-10-7-11/h4-8H,1-3H3,(H,10,11)/b6-4-,9-5+. The lowest BCUT2D eigenvalue weighted by Crippen LogP contribution is -1.97. The maximum atomic E-state index is 9.80. The molecule has 0 aliphatic carbocycles. The van der Waals surface area contributed by atoms with Gasteiger partial charge in [0.05, 0.1) is 0 Å². The molecular weight excluding hydrogens is 138 g/mol. The number of hydrogen-bond donors (Lipinski definition) is 1. The van der Waals surface area contributed by atoms with Gasteiger partial charge in [0.1, 0.15) is 0 Å². The molecule has 0 bridgehead atoms. The van der Waals surface area contributed by atoms with Gasteiger partial charge in [-0.1, -0.05) is 25.5 Å². The Bertz CT molecular complexity index is 168. The molecule has 1 amide bonds. The highest BCUT2D eigenvalue weighted by atomic mass is 16.1. The second-order valence-electron chi connectivity index (χ2n) is 2.71. The normalized spacial score (nSPS) is 12.5. The zero-order chi connectivity index (χ0) is 8.69. The van der Waals surface area contributed by atoms with Crippen molar-refractivity contribution >= 4 is 6.41 Å². The van der Waals surface area contributed by atoms with Crippen LogP contribution in [0.4, 0.5) is 0 Å². The Morgan fingerprint density at radius 1 is 1.45 bits per heavy atom. The molecule has 11 heavy (non-hydrogen) atoms. The SMILES string of the molecule is C/C(=C\C=C/NC=O)C(C)C. The fraction of sp³-hybridized carbons (Fsp3) is 0.444. The monoisotopic (exact) mass is 153 g/mol. The molecule has 0 rings (SSSR count). The molecule has 0 spiro atoms. The molecule has 0 aromatic carbocycles. The van der Waals surface area contributed by atoms with Gasteiger partial charge >= 0.3 is 0 Å². The first-order valence-electron chi connectivity index (χ1n) is 3.71. The number of hydrogen-bond acceptors (Lipinski definition) is 1. The number of allylic oxidation sites excluding steroid dienone is 3.